The summed E-state index contributed by atoms with van der Waals surface area (Å²) in [5, 5.41) is 4.10. The summed E-state index contributed by atoms with van der Waals surface area (Å²) in [6, 6.07) is 13.0. The van der Waals surface area contributed by atoms with Gasteiger partial charge >= 0.3 is 0 Å². The molecule has 0 aliphatic carbocycles. The third-order valence-electron chi connectivity index (χ3n) is 3.19. The zero-order chi connectivity index (χ0) is 16.1. The minimum atomic E-state index is -0.166. The molecule has 22 heavy (non-hydrogen) atoms. The standard InChI is InChI=1S/C17H17Cl2NOS/c1-3-16(22-14-8-5-12(18)6-9-14)17(21)20-13-7-4-11(2)15(19)10-13/h4-10,16H,3H2,1-2H3,(H,20,21)/t16-/m0/s1. The van der Waals surface area contributed by atoms with Gasteiger partial charge in [-0.25, -0.2) is 0 Å². The summed E-state index contributed by atoms with van der Waals surface area (Å²) in [6.45, 7) is 3.93. The second-order valence-electron chi connectivity index (χ2n) is 4.92. The average molecular weight is 354 g/mol. The van der Waals surface area contributed by atoms with Crippen molar-refractivity contribution in [2.45, 2.75) is 30.4 Å². The molecule has 0 heterocycles. The van der Waals surface area contributed by atoms with Gasteiger partial charge in [-0.05, 0) is 55.3 Å². The van der Waals surface area contributed by atoms with Crippen molar-refractivity contribution in [1.29, 1.82) is 0 Å². The number of amides is 1. The van der Waals surface area contributed by atoms with Crippen LogP contribution in [0.25, 0.3) is 0 Å². The quantitative estimate of drug-likeness (QED) is 0.687. The molecule has 2 nitrogen and oxygen atoms in total. The molecule has 0 fully saturated rings. The van der Waals surface area contributed by atoms with E-state index in [2.05, 4.69) is 5.32 Å². The molecule has 0 radical (unpaired) electrons. The van der Waals surface area contributed by atoms with Gasteiger partial charge in [0, 0.05) is 20.6 Å². The lowest BCUT2D eigenvalue weighted by molar-refractivity contribution is -0.115. The summed E-state index contributed by atoms with van der Waals surface area (Å²) in [5.74, 6) is -0.0256. The molecule has 1 atom stereocenters. The van der Waals surface area contributed by atoms with Crippen LogP contribution < -0.4 is 5.32 Å². The Labute approximate surface area is 145 Å². The highest BCUT2D eigenvalue weighted by Crippen LogP contribution is 2.28. The zero-order valence-corrected chi connectivity index (χ0v) is 14.7. The summed E-state index contributed by atoms with van der Waals surface area (Å²) < 4.78 is 0. The molecule has 0 spiro atoms. The van der Waals surface area contributed by atoms with E-state index in [1.165, 1.54) is 11.8 Å². The first-order valence-corrected chi connectivity index (χ1v) is 8.62. The van der Waals surface area contributed by atoms with Crippen molar-refractivity contribution in [2.75, 3.05) is 5.32 Å². The number of hydrogen-bond acceptors (Lipinski definition) is 2. The van der Waals surface area contributed by atoms with Gasteiger partial charge in [-0.3, -0.25) is 4.79 Å². The first kappa shape index (κ1) is 17.2. The second kappa shape index (κ2) is 7.91. The van der Waals surface area contributed by atoms with E-state index < -0.39 is 0 Å². The van der Waals surface area contributed by atoms with Gasteiger partial charge in [0.15, 0.2) is 0 Å². The monoisotopic (exact) mass is 353 g/mol. The molecule has 1 amide bonds. The van der Waals surface area contributed by atoms with E-state index in [1.54, 1.807) is 6.07 Å². The van der Waals surface area contributed by atoms with Gasteiger partial charge in [0.2, 0.25) is 5.91 Å². The zero-order valence-electron chi connectivity index (χ0n) is 12.4. The fourth-order valence-corrected chi connectivity index (χ4v) is 3.15. The molecule has 0 aliphatic heterocycles. The van der Waals surface area contributed by atoms with Crippen LogP contribution in [-0.2, 0) is 4.79 Å². The molecule has 5 heteroatoms. The maximum absolute atomic E-state index is 12.4. The largest absolute Gasteiger partial charge is 0.325 e. The van der Waals surface area contributed by atoms with Crippen molar-refractivity contribution < 1.29 is 4.79 Å². The van der Waals surface area contributed by atoms with Crippen molar-refractivity contribution in [3.8, 4) is 0 Å². The number of rotatable bonds is 5. The summed E-state index contributed by atoms with van der Waals surface area (Å²) in [6.07, 6.45) is 0.735. The average Bonchev–Trinajstić information content (AvgIpc) is 2.50. The molecule has 0 saturated heterocycles. The van der Waals surface area contributed by atoms with E-state index in [9.17, 15) is 4.79 Å². The van der Waals surface area contributed by atoms with Crippen LogP contribution in [0.15, 0.2) is 47.4 Å². The molecule has 2 rings (SSSR count). The maximum atomic E-state index is 12.4. The van der Waals surface area contributed by atoms with E-state index in [0.29, 0.717) is 10.0 Å². The van der Waals surface area contributed by atoms with Crippen molar-refractivity contribution >= 4 is 46.6 Å². The number of thioether (sulfide) groups is 1. The Morgan fingerprint density at radius 1 is 1.18 bits per heavy atom. The summed E-state index contributed by atoms with van der Waals surface area (Å²) in [7, 11) is 0. The van der Waals surface area contributed by atoms with Crippen molar-refractivity contribution in [1.82, 2.24) is 0 Å². The fourth-order valence-electron chi connectivity index (χ4n) is 1.89. The molecule has 0 unspecified atom stereocenters. The van der Waals surface area contributed by atoms with Crippen LogP contribution in [0.2, 0.25) is 10.0 Å². The van der Waals surface area contributed by atoms with Crippen LogP contribution in [-0.4, -0.2) is 11.2 Å². The van der Waals surface area contributed by atoms with Gasteiger partial charge in [0.1, 0.15) is 0 Å². The predicted molar refractivity (Wildman–Crippen MR) is 96.2 cm³/mol. The topological polar surface area (TPSA) is 29.1 Å². The van der Waals surface area contributed by atoms with E-state index in [4.69, 9.17) is 23.2 Å². The van der Waals surface area contributed by atoms with Crippen LogP contribution in [0.3, 0.4) is 0 Å². The normalized spacial score (nSPS) is 12.0. The Kier molecular flexibility index (Phi) is 6.18. The Morgan fingerprint density at radius 3 is 2.45 bits per heavy atom. The molecule has 2 aromatic carbocycles. The number of carbonyl (C=O) groups excluding carboxylic acids is 1. The molecule has 116 valence electrons. The lowest BCUT2D eigenvalue weighted by atomic mass is 10.2. The number of carbonyl (C=O) groups is 1. The van der Waals surface area contributed by atoms with Crippen LogP contribution in [0, 0.1) is 6.92 Å². The van der Waals surface area contributed by atoms with Gasteiger partial charge in [-0.1, -0.05) is 36.2 Å². The van der Waals surface area contributed by atoms with Gasteiger partial charge in [-0.15, -0.1) is 11.8 Å². The summed E-state index contributed by atoms with van der Waals surface area (Å²) in [4.78, 5) is 13.4. The summed E-state index contributed by atoms with van der Waals surface area (Å²) >= 11 is 13.5. The smallest absolute Gasteiger partial charge is 0.237 e. The number of benzene rings is 2. The Balaban J connectivity index is 2.04. The van der Waals surface area contributed by atoms with Gasteiger partial charge in [0.05, 0.1) is 5.25 Å². The lowest BCUT2D eigenvalue weighted by Crippen LogP contribution is -2.24. The predicted octanol–water partition coefficient (Wildman–Crippen LogP) is 5.81. The highest BCUT2D eigenvalue weighted by atomic mass is 35.5. The summed E-state index contributed by atoms with van der Waals surface area (Å²) in [5.41, 5.74) is 1.71. The van der Waals surface area contributed by atoms with Crippen molar-refractivity contribution in [3.05, 3.63) is 58.1 Å². The minimum absolute atomic E-state index is 0.0256. The highest BCUT2D eigenvalue weighted by Gasteiger charge is 2.18. The molecule has 2 aromatic rings. The van der Waals surface area contributed by atoms with Crippen LogP contribution in [0.5, 0.6) is 0 Å². The molecule has 0 saturated carbocycles. The van der Waals surface area contributed by atoms with E-state index >= 15 is 0 Å². The molecular weight excluding hydrogens is 337 g/mol. The van der Waals surface area contributed by atoms with Gasteiger partial charge in [0.25, 0.3) is 0 Å². The molecule has 1 N–H and O–H groups in total. The first-order chi connectivity index (χ1) is 10.5. The number of anilines is 1. The number of hydrogen-bond donors (Lipinski definition) is 1. The van der Waals surface area contributed by atoms with Crippen molar-refractivity contribution in [3.63, 3.8) is 0 Å². The fraction of sp³-hybridized carbons (Fsp3) is 0.235. The number of halogens is 2. The third kappa shape index (κ3) is 4.67. The first-order valence-electron chi connectivity index (χ1n) is 6.99. The Hall–Kier alpha value is -1.16. The van der Waals surface area contributed by atoms with Crippen LogP contribution in [0.1, 0.15) is 18.9 Å². The molecule has 0 aliphatic rings. The van der Waals surface area contributed by atoms with Gasteiger partial charge in [-0.2, -0.15) is 0 Å². The van der Waals surface area contributed by atoms with E-state index in [-0.39, 0.29) is 11.2 Å². The SMILES string of the molecule is CC[C@H](Sc1ccc(Cl)cc1)C(=O)Nc1ccc(C)c(Cl)c1. The van der Waals surface area contributed by atoms with Crippen LogP contribution in [0.4, 0.5) is 5.69 Å². The molecular formula is C17H17Cl2NOS. The minimum Gasteiger partial charge on any atom is -0.325 e. The van der Waals surface area contributed by atoms with Crippen molar-refractivity contribution in [2.24, 2.45) is 0 Å². The highest BCUT2D eigenvalue weighted by molar-refractivity contribution is 8.00. The Bertz CT molecular complexity index is 658. The lowest BCUT2D eigenvalue weighted by Gasteiger charge is -2.15. The van der Waals surface area contributed by atoms with E-state index in [1.807, 2.05) is 50.2 Å². The third-order valence-corrected chi connectivity index (χ3v) is 5.23. The van der Waals surface area contributed by atoms with Crippen LogP contribution >= 0.6 is 35.0 Å². The van der Waals surface area contributed by atoms with E-state index in [0.717, 1.165) is 22.6 Å². The second-order valence-corrected chi connectivity index (χ2v) is 7.04. The number of aryl methyl sites for hydroxylation is 1. The molecule has 0 aromatic heterocycles. The number of nitrogens with one attached hydrogen (secondary N) is 1. The molecule has 0 bridgehead atoms. The Morgan fingerprint density at radius 2 is 1.86 bits per heavy atom. The maximum Gasteiger partial charge on any atom is 0.237 e. The van der Waals surface area contributed by atoms with Gasteiger partial charge < -0.3 is 5.32 Å².